The molecule has 0 saturated carbocycles. The SMILES string of the molecule is Cc1ccc(N2C[C@@H](C(=O)NCCN(C)C)CC2=O)cc1Cl. The molecule has 120 valence electrons. The fraction of sp³-hybridized carbons (Fsp3) is 0.500. The summed E-state index contributed by atoms with van der Waals surface area (Å²) < 4.78 is 0. The van der Waals surface area contributed by atoms with Gasteiger partial charge in [0.1, 0.15) is 0 Å². The van der Waals surface area contributed by atoms with E-state index >= 15 is 0 Å². The van der Waals surface area contributed by atoms with Gasteiger partial charge in [0.25, 0.3) is 0 Å². The molecule has 1 fully saturated rings. The van der Waals surface area contributed by atoms with Crippen LogP contribution in [0.15, 0.2) is 18.2 Å². The van der Waals surface area contributed by atoms with Crippen molar-refractivity contribution >= 4 is 29.1 Å². The van der Waals surface area contributed by atoms with Crippen molar-refractivity contribution in [2.24, 2.45) is 5.92 Å². The van der Waals surface area contributed by atoms with Crippen LogP contribution in [0.3, 0.4) is 0 Å². The Morgan fingerprint density at radius 2 is 2.18 bits per heavy atom. The lowest BCUT2D eigenvalue weighted by Crippen LogP contribution is -2.36. The van der Waals surface area contributed by atoms with Crippen LogP contribution in [-0.2, 0) is 9.59 Å². The van der Waals surface area contributed by atoms with Gasteiger partial charge in [-0.25, -0.2) is 0 Å². The van der Waals surface area contributed by atoms with Crippen LogP contribution in [0, 0.1) is 12.8 Å². The predicted molar refractivity (Wildman–Crippen MR) is 88.2 cm³/mol. The standard InChI is InChI=1S/C16H22ClN3O2/c1-11-4-5-13(9-14(11)17)20-10-12(8-15(20)21)16(22)18-6-7-19(2)3/h4-5,9,12H,6-8,10H2,1-3H3,(H,18,22)/t12-/m0/s1. The number of rotatable bonds is 5. The summed E-state index contributed by atoms with van der Waals surface area (Å²) in [5, 5.41) is 3.51. The number of nitrogens with zero attached hydrogens (tertiary/aromatic N) is 2. The van der Waals surface area contributed by atoms with Crippen molar-refractivity contribution in [1.29, 1.82) is 0 Å². The molecule has 1 atom stereocenters. The summed E-state index contributed by atoms with van der Waals surface area (Å²) in [5.74, 6) is -0.390. The third kappa shape index (κ3) is 3.99. The molecule has 0 radical (unpaired) electrons. The van der Waals surface area contributed by atoms with E-state index in [2.05, 4.69) is 5.32 Å². The van der Waals surface area contributed by atoms with E-state index in [1.165, 1.54) is 0 Å². The first kappa shape index (κ1) is 16.8. The van der Waals surface area contributed by atoms with Gasteiger partial charge in [-0.05, 0) is 38.7 Å². The third-order valence-electron chi connectivity index (χ3n) is 3.82. The Kier molecular flexibility index (Phi) is 5.42. The van der Waals surface area contributed by atoms with E-state index in [9.17, 15) is 9.59 Å². The van der Waals surface area contributed by atoms with Crippen molar-refractivity contribution in [2.75, 3.05) is 38.6 Å². The van der Waals surface area contributed by atoms with Gasteiger partial charge in [-0.3, -0.25) is 9.59 Å². The molecule has 22 heavy (non-hydrogen) atoms. The van der Waals surface area contributed by atoms with Crippen LogP contribution in [-0.4, -0.2) is 50.4 Å². The highest BCUT2D eigenvalue weighted by Gasteiger charge is 2.35. The van der Waals surface area contributed by atoms with E-state index in [1.54, 1.807) is 11.0 Å². The minimum absolute atomic E-state index is 0.0346. The van der Waals surface area contributed by atoms with Crippen molar-refractivity contribution in [3.63, 3.8) is 0 Å². The lowest BCUT2D eigenvalue weighted by atomic mass is 10.1. The molecule has 1 aromatic rings. The summed E-state index contributed by atoms with van der Waals surface area (Å²) in [6, 6.07) is 5.53. The molecule has 1 saturated heterocycles. The second kappa shape index (κ2) is 7.11. The second-order valence-corrected chi connectivity index (χ2v) is 6.34. The minimum Gasteiger partial charge on any atom is -0.355 e. The number of hydrogen-bond acceptors (Lipinski definition) is 3. The van der Waals surface area contributed by atoms with E-state index < -0.39 is 0 Å². The molecule has 1 aliphatic heterocycles. The van der Waals surface area contributed by atoms with Crippen LogP contribution in [0.4, 0.5) is 5.69 Å². The second-order valence-electron chi connectivity index (χ2n) is 5.93. The molecule has 1 aromatic carbocycles. The Balaban J connectivity index is 1.98. The van der Waals surface area contributed by atoms with Gasteiger partial charge in [0.05, 0.1) is 5.92 Å². The largest absolute Gasteiger partial charge is 0.355 e. The number of nitrogens with one attached hydrogen (secondary N) is 1. The number of anilines is 1. The molecule has 0 aliphatic carbocycles. The monoisotopic (exact) mass is 323 g/mol. The maximum Gasteiger partial charge on any atom is 0.227 e. The maximum absolute atomic E-state index is 12.2. The Morgan fingerprint density at radius 1 is 1.45 bits per heavy atom. The molecule has 2 rings (SSSR count). The van der Waals surface area contributed by atoms with Crippen LogP contribution >= 0.6 is 11.6 Å². The van der Waals surface area contributed by atoms with Gasteiger partial charge in [-0.15, -0.1) is 0 Å². The van der Waals surface area contributed by atoms with Crippen molar-refractivity contribution in [3.05, 3.63) is 28.8 Å². The average Bonchev–Trinajstić information content (AvgIpc) is 2.83. The van der Waals surface area contributed by atoms with Crippen LogP contribution in [0.1, 0.15) is 12.0 Å². The van der Waals surface area contributed by atoms with Gasteiger partial charge in [-0.2, -0.15) is 0 Å². The van der Waals surface area contributed by atoms with E-state index in [0.717, 1.165) is 17.8 Å². The smallest absolute Gasteiger partial charge is 0.227 e. The summed E-state index contributed by atoms with van der Waals surface area (Å²) in [4.78, 5) is 27.9. The fourth-order valence-corrected chi connectivity index (χ4v) is 2.60. The number of likely N-dealkylation sites (N-methyl/N-ethyl adjacent to an activating group) is 1. The molecule has 0 aromatic heterocycles. The zero-order valence-electron chi connectivity index (χ0n) is 13.2. The van der Waals surface area contributed by atoms with Crippen LogP contribution in [0.5, 0.6) is 0 Å². The molecule has 0 unspecified atom stereocenters. The highest BCUT2D eigenvalue weighted by Crippen LogP contribution is 2.28. The summed E-state index contributed by atoms with van der Waals surface area (Å²) in [5.41, 5.74) is 1.72. The number of halogens is 1. The first-order chi connectivity index (χ1) is 10.4. The van der Waals surface area contributed by atoms with Gasteiger partial charge < -0.3 is 15.1 Å². The molecule has 1 aliphatic rings. The van der Waals surface area contributed by atoms with Crippen molar-refractivity contribution in [2.45, 2.75) is 13.3 Å². The molecule has 6 heteroatoms. The number of hydrogen-bond donors (Lipinski definition) is 1. The topological polar surface area (TPSA) is 52.7 Å². The molecular formula is C16H22ClN3O2. The quantitative estimate of drug-likeness (QED) is 0.897. The summed E-state index contributed by atoms with van der Waals surface area (Å²) in [7, 11) is 3.90. The molecule has 0 bridgehead atoms. The Hall–Kier alpha value is -1.59. The van der Waals surface area contributed by atoms with E-state index in [0.29, 0.717) is 18.1 Å². The third-order valence-corrected chi connectivity index (χ3v) is 4.23. The lowest BCUT2D eigenvalue weighted by molar-refractivity contribution is -0.126. The van der Waals surface area contributed by atoms with Gasteiger partial charge in [0.15, 0.2) is 0 Å². The number of amides is 2. The Labute approximate surface area is 136 Å². The normalized spacial score (nSPS) is 18.1. The maximum atomic E-state index is 12.2. The minimum atomic E-state index is -0.297. The van der Waals surface area contributed by atoms with Crippen molar-refractivity contribution < 1.29 is 9.59 Å². The van der Waals surface area contributed by atoms with Gasteiger partial charge >= 0.3 is 0 Å². The molecule has 1 heterocycles. The number of benzene rings is 1. The van der Waals surface area contributed by atoms with Crippen molar-refractivity contribution in [1.82, 2.24) is 10.2 Å². The zero-order valence-corrected chi connectivity index (χ0v) is 14.0. The van der Waals surface area contributed by atoms with Gasteiger partial charge in [-0.1, -0.05) is 17.7 Å². The lowest BCUT2D eigenvalue weighted by Gasteiger charge is -2.18. The van der Waals surface area contributed by atoms with Crippen LogP contribution in [0.2, 0.25) is 5.02 Å². The average molecular weight is 324 g/mol. The highest BCUT2D eigenvalue weighted by molar-refractivity contribution is 6.31. The Bertz CT molecular complexity index is 575. The van der Waals surface area contributed by atoms with Crippen molar-refractivity contribution in [3.8, 4) is 0 Å². The van der Waals surface area contributed by atoms with E-state index in [4.69, 9.17) is 11.6 Å². The number of carbonyl (C=O) groups excluding carboxylic acids is 2. The van der Waals surface area contributed by atoms with E-state index in [1.807, 2.05) is 38.1 Å². The first-order valence-electron chi connectivity index (χ1n) is 7.37. The summed E-state index contributed by atoms with van der Waals surface area (Å²) in [6.07, 6.45) is 0.249. The van der Waals surface area contributed by atoms with Gasteiger partial charge in [0, 0.05) is 36.8 Å². The molecule has 2 amide bonds. The highest BCUT2D eigenvalue weighted by atomic mass is 35.5. The van der Waals surface area contributed by atoms with Gasteiger partial charge in [0.2, 0.25) is 11.8 Å². The summed E-state index contributed by atoms with van der Waals surface area (Å²) >= 11 is 6.12. The Morgan fingerprint density at radius 3 is 2.82 bits per heavy atom. The predicted octanol–water partition coefficient (Wildman–Crippen LogP) is 1.68. The first-order valence-corrected chi connectivity index (χ1v) is 7.75. The number of aryl methyl sites for hydroxylation is 1. The van der Waals surface area contributed by atoms with Crippen LogP contribution < -0.4 is 10.2 Å². The molecule has 1 N–H and O–H groups in total. The number of carbonyl (C=O) groups is 2. The molecule has 0 spiro atoms. The van der Waals surface area contributed by atoms with Crippen LogP contribution in [0.25, 0.3) is 0 Å². The van der Waals surface area contributed by atoms with E-state index in [-0.39, 0.29) is 24.2 Å². The molecular weight excluding hydrogens is 302 g/mol. The molecule has 5 nitrogen and oxygen atoms in total. The summed E-state index contributed by atoms with van der Waals surface area (Å²) in [6.45, 7) is 3.70. The fourth-order valence-electron chi connectivity index (χ4n) is 2.43. The zero-order chi connectivity index (χ0) is 16.3.